The molecule has 0 aliphatic rings. The fourth-order valence-electron chi connectivity index (χ4n) is 3.72. The van der Waals surface area contributed by atoms with E-state index in [1.807, 2.05) is 91.9 Å². The molecule has 0 spiro atoms. The second-order valence-electron chi connectivity index (χ2n) is 8.44. The first kappa shape index (κ1) is 25.5. The third kappa shape index (κ3) is 7.22. The van der Waals surface area contributed by atoms with E-state index in [4.69, 9.17) is 14.6 Å². The van der Waals surface area contributed by atoms with Gasteiger partial charge in [-0.1, -0.05) is 65.8 Å². The number of nitrogens with two attached hydrogens (primary N) is 1. The Hall–Kier alpha value is -4.56. The number of hydrogen-bond donors (Lipinski definition) is 3. The van der Waals surface area contributed by atoms with Crippen molar-refractivity contribution < 1.29 is 24.5 Å². The summed E-state index contributed by atoms with van der Waals surface area (Å²) in [5.41, 5.74) is 5.03. The maximum absolute atomic E-state index is 11.4. The Morgan fingerprint density at radius 3 is 2.35 bits per heavy atom. The van der Waals surface area contributed by atoms with Crippen molar-refractivity contribution in [2.75, 3.05) is 6.61 Å². The quantitative estimate of drug-likeness (QED) is 0.155. The summed E-state index contributed by atoms with van der Waals surface area (Å²) < 4.78 is 11.7. The van der Waals surface area contributed by atoms with E-state index in [0.29, 0.717) is 31.2 Å². The first-order valence-corrected chi connectivity index (χ1v) is 12.0. The normalized spacial score (nSPS) is 11.3. The highest BCUT2D eigenvalue weighted by Gasteiger charge is 2.18. The number of carbonyl (C=O) groups is 1. The second-order valence-corrected chi connectivity index (χ2v) is 8.44. The van der Waals surface area contributed by atoms with Gasteiger partial charge in [-0.05, 0) is 36.8 Å². The summed E-state index contributed by atoms with van der Waals surface area (Å²) in [5, 5.41) is 21.6. The lowest BCUT2D eigenvalue weighted by molar-refractivity contribution is -0.676. The van der Waals surface area contributed by atoms with Gasteiger partial charge in [-0.2, -0.15) is 0 Å². The zero-order valence-electron chi connectivity index (χ0n) is 20.6. The smallest absolute Gasteiger partial charge is 0.355 e. The van der Waals surface area contributed by atoms with Crippen molar-refractivity contribution >= 4 is 17.4 Å². The van der Waals surface area contributed by atoms with Crippen LogP contribution in [0.25, 0.3) is 11.5 Å². The average molecular weight is 498 g/mol. The lowest BCUT2D eigenvalue weighted by Gasteiger charge is -2.08. The number of aryl methyl sites for hydroxylation is 1. The number of rotatable bonds is 12. The van der Waals surface area contributed by atoms with Crippen LogP contribution in [-0.2, 0) is 24.2 Å². The SMILES string of the molecule is Cc1oc(-c2ccccc2)nc1CCOc1ccc(C/C(=N/[NH2+]Cc2ccccc2)C(=N)C(=O)O)cc1. The van der Waals surface area contributed by atoms with Crippen LogP contribution in [0, 0.1) is 12.3 Å². The molecule has 0 saturated carbocycles. The summed E-state index contributed by atoms with van der Waals surface area (Å²) in [6, 6.07) is 26.9. The van der Waals surface area contributed by atoms with Gasteiger partial charge in [0.2, 0.25) is 5.89 Å². The van der Waals surface area contributed by atoms with Gasteiger partial charge < -0.3 is 14.3 Å². The molecule has 1 heterocycles. The Balaban J connectivity index is 1.33. The number of hydrogen-bond acceptors (Lipinski definition) is 6. The van der Waals surface area contributed by atoms with E-state index in [0.717, 1.165) is 28.1 Å². The number of carboxylic acid groups (broad SMARTS) is 1. The number of nitrogens with one attached hydrogen (secondary N) is 1. The molecule has 4 rings (SSSR count). The topological polar surface area (TPSA) is 125 Å². The van der Waals surface area contributed by atoms with Gasteiger partial charge in [-0.3, -0.25) is 5.41 Å². The molecule has 0 bridgehead atoms. The zero-order chi connectivity index (χ0) is 26.0. The minimum Gasteiger partial charge on any atom is -0.493 e. The lowest BCUT2D eigenvalue weighted by Crippen LogP contribution is -2.77. The first-order valence-electron chi connectivity index (χ1n) is 12.0. The molecule has 37 heavy (non-hydrogen) atoms. The van der Waals surface area contributed by atoms with Crippen LogP contribution >= 0.6 is 0 Å². The first-order chi connectivity index (χ1) is 18.0. The van der Waals surface area contributed by atoms with Gasteiger partial charge in [0.05, 0.1) is 12.3 Å². The van der Waals surface area contributed by atoms with E-state index in [9.17, 15) is 9.90 Å². The van der Waals surface area contributed by atoms with Crippen LogP contribution in [0.1, 0.15) is 22.6 Å². The summed E-state index contributed by atoms with van der Waals surface area (Å²) >= 11 is 0. The number of benzene rings is 3. The summed E-state index contributed by atoms with van der Waals surface area (Å²) in [5.74, 6) is 0.762. The molecule has 0 aliphatic carbocycles. The Morgan fingerprint density at radius 2 is 1.68 bits per heavy atom. The van der Waals surface area contributed by atoms with Gasteiger partial charge in [-0.15, -0.1) is 0 Å². The van der Waals surface area contributed by atoms with Crippen LogP contribution in [-0.4, -0.2) is 34.1 Å². The van der Waals surface area contributed by atoms with Gasteiger partial charge in [-0.25, -0.2) is 15.2 Å². The van der Waals surface area contributed by atoms with Crippen molar-refractivity contribution in [1.82, 2.24) is 4.98 Å². The Kier molecular flexibility index (Phi) is 8.57. The van der Waals surface area contributed by atoms with Gasteiger partial charge >= 0.3 is 5.97 Å². The fourth-order valence-corrected chi connectivity index (χ4v) is 3.72. The highest BCUT2D eigenvalue weighted by Crippen LogP contribution is 2.22. The number of aromatic nitrogens is 1. The molecule has 0 saturated heterocycles. The summed E-state index contributed by atoms with van der Waals surface area (Å²) in [6.07, 6.45) is 0.838. The van der Waals surface area contributed by atoms with Crippen LogP contribution < -0.4 is 10.2 Å². The van der Waals surface area contributed by atoms with E-state index in [2.05, 4.69) is 10.1 Å². The molecule has 8 nitrogen and oxygen atoms in total. The van der Waals surface area contributed by atoms with Crippen LogP contribution in [0.2, 0.25) is 0 Å². The number of ether oxygens (including phenoxy) is 1. The predicted octanol–water partition coefficient (Wildman–Crippen LogP) is 4.04. The third-order valence-corrected chi connectivity index (χ3v) is 5.74. The molecule has 1 aromatic heterocycles. The van der Waals surface area contributed by atoms with Crippen LogP contribution in [0.3, 0.4) is 0 Å². The van der Waals surface area contributed by atoms with Crippen molar-refractivity contribution in [2.24, 2.45) is 5.10 Å². The molecule has 4 N–H and O–H groups in total. The lowest BCUT2D eigenvalue weighted by atomic mass is 10.1. The molecule has 0 amide bonds. The minimum absolute atomic E-state index is 0.202. The molecule has 0 aliphatic heterocycles. The third-order valence-electron chi connectivity index (χ3n) is 5.74. The number of aliphatic carboxylic acids is 1. The molecule has 0 unspecified atom stereocenters. The Labute approximate surface area is 215 Å². The predicted molar refractivity (Wildman–Crippen MR) is 141 cm³/mol. The van der Waals surface area contributed by atoms with E-state index in [1.165, 1.54) is 0 Å². The Morgan fingerprint density at radius 1 is 1.00 bits per heavy atom. The van der Waals surface area contributed by atoms with Gasteiger partial charge in [0.1, 0.15) is 23.8 Å². The molecule has 0 radical (unpaired) electrons. The Bertz CT molecular complexity index is 1360. The summed E-state index contributed by atoms with van der Waals surface area (Å²) in [6.45, 7) is 2.89. The van der Waals surface area contributed by atoms with Crippen LogP contribution in [0.15, 0.2) is 94.4 Å². The molecule has 4 aromatic rings. The zero-order valence-corrected chi connectivity index (χ0v) is 20.6. The number of oxazole rings is 1. The van der Waals surface area contributed by atoms with Crippen LogP contribution in [0.5, 0.6) is 5.75 Å². The summed E-state index contributed by atoms with van der Waals surface area (Å²) in [4.78, 5) is 16.0. The molecule has 3 aromatic carbocycles. The van der Waals surface area contributed by atoms with E-state index in [-0.39, 0.29) is 12.1 Å². The molecule has 188 valence electrons. The number of quaternary nitrogens is 1. The van der Waals surface area contributed by atoms with Crippen molar-refractivity contribution in [3.8, 4) is 17.2 Å². The number of nitrogens with zero attached hydrogens (tertiary/aromatic N) is 2. The second kappa shape index (κ2) is 12.4. The largest absolute Gasteiger partial charge is 0.493 e. The van der Waals surface area contributed by atoms with Crippen molar-refractivity contribution in [2.45, 2.75) is 26.3 Å². The molecule has 0 fully saturated rings. The molecular weight excluding hydrogens is 468 g/mol. The maximum Gasteiger partial charge on any atom is 0.355 e. The van der Waals surface area contributed by atoms with Crippen molar-refractivity contribution in [3.05, 3.63) is 108 Å². The highest BCUT2D eigenvalue weighted by molar-refractivity contribution is 6.64. The molecular formula is C29H29N4O4+. The molecule has 8 heteroatoms. The molecule has 0 atom stereocenters. The minimum atomic E-state index is -1.30. The van der Waals surface area contributed by atoms with Gasteiger partial charge in [0.15, 0.2) is 5.71 Å². The van der Waals surface area contributed by atoms with Crippen molar-refractivity contribution in [1.29, 1.82) is 5.41 Å². The average Bonchev–Trinajstić information content (AvgIpc) is 3.30. The van der Waals surface area contributed by atoms with E-state index in [1.54, 1.807) is 5.43 Å². The van der Waals surface area contributed by atoms with E-state index >= 15 is 0 Å². The monoisotopic (exact) mass is 497 g/mol. The van der Waals surface area contributed by atoms with Gasteiger partial charge in [0, 0.05) is 24.0 Å². The number of carboxylic acids is 1. The van der Waals surface area contributed by atoms with Gasteiger partial charge in [0.25, 0.3) is 0 Å². The van der Waals surface area contributed by atoms with Crippen LogP contribution in [0.4, 0.5) is 0 Å². The fraction of sp³-hybridized carbons (Fsp3) is 0.172. The maximum atomic E-state index is 11.4. The highest BCUT2D eigenvalue weighted by atomic mass is 16.5. The standard InChI is InChI=1S/C29H28N4O4/c1-20-25(32-28(37-20)23-10-6-3-7-11-23)16-17-36-24-14-12-21(13-15-24)18-26(27(30)29(34)35)33-31-19-22-8-4-2-5-9-22/h2-15,30-31H,16-19H2,1H3,(H,34,35)/p+1/b30-27?,33-26-. The summed E-state index contributed by atoms with van der Waals surface area (Å²) in [7, 11) is 0. The van der Waals surface area contributed by atoms with E-state index < -0.39 is 11.7 Å². The van der Waals surface area contributed by atoms with Crippen molar-refractivity contribution in [3.63, 3.8) is 0 Å².